The normalized spacial score (nSPS) is 12.7. The van der Waals surface area contributed by atoms with Crippen LogP contribution in [0.3, 0.4) is 0 Å². The van der Waals surface area contributed by atoms with Crippen LogP contribution in [0.15, 0.2) is 34.7 Å². The van der Waals surface area contributed by atoms with Crippen molar-refractivity contribution in [1.82, 2.24) is 14.9 Å². The molecule has 1 unspecified atom stereocenters. The lowest BCUT2D eigenvalue weighted by Gasteiger charge is -2.20. The van der Waals surface area contributed by atoms with Crippen LogP contribution < -0.4 is 5.32 Å². The fourth-order valence-corrected chi connectivity index (χ4v) is 3.62. The summed E-state index contributed by atoms with van der Waals surface area (Å²) < 4.78 is 5.17. The molecule has 0 fully saturated rings. The zero-order valence-electron chi connectivity index (χ0n) is 18.5. The van der Waals surface area contributed by atoms with Gasteiger partial charge in [0, 0.05) is 16.5 Å². The number of aromatic nitrogens is 2. The molecule has 32 heavy (non-hydrogen) atoms. The standard InChI is InChI=1S/C23H28ClN5O3/c1-4-28(5-2)14-6-7-16(3)25-23-19-11-8-17(24)15-20(19)26-21(27-23)12-9-18-10-13-22(32-18)29(30)31/h8-13,15-16H,4-7,14H2,1-3H3,(H,25,26,27)/b12-9+. The van der Waals surface area contributed by atoms with E-state index in [4.69, 9.17) is 16.0 Å². The van der Waals surface area contributed by atoms with Crippen molar-refractivity contribution in [3.8, 4) is 0 Å². The predicted octanol–water partition coefficient (Wildman–Crippen LogP) is 5.88. The van der Waals surface area contributed by atoms with Gasteiger partial charge in [-0.15, -0.1) is 0 Å². The molecule has 1 N–H and O–H groups in total. The second-order valence-corrected chi connectivity index (χ2v) is 8.01. The number of furan rings is 1. The Balaban J connectivity index is 1.80. The first kappa shape index (κ1) is 23.7. The van der Waals surface area contributed by atoms with Crippen LogP contribution in [-0.2, 0) is 0 Å². The minimum absolute atomic E-state index is 0.226. The highest BCUT2D eigenvalue weighted by Crippen LogP contribution is 2.25. The van der Waals surface area contributed by atoms with Crippen molar-refractivity contribution >= 4 is 46.4 Å². The molecule has 0 saturated carbocycles. The Morgan fingerprint density at radius 3 is 2.69 bits per heavy atom. The van der Waals surface area contributed by atoms with Crippen LogP contribution in [0.2, 0.25) is 5.02 Å². The van der Waals surface area contributed by atoms with E-state index in [0.717, 1.165) is 49.2 Å². The SMILES string of the molecule is CCN(CC)CCCC(C)Nc1nc(/C=C/c2ccc([N+](=O)[O-])o2)nc2cc(Cl)ccc12. The van der Waals surface area contributed by atoms with Crippen molar-refractivity contribution in [2.24, 2.45) is 0 Å². The highest BCUT2D eigenvalue weighted by molar-refractivity contribution is 6.31. The Morgan fingerprint density at radius 1 is 1.22 bits per heavy atom. The van der Waals surface area contributed by atoms with Gasteiger partial charge in [0.25, 0.3) is 0 Å². The topological polar surface area (TPSA) is 97.3 Å². The predicted molar refractivity (Wildman–Crippen MR) is 129 cm³/mol. The van der Waals surface area contributed by atoms with E-state index in [1.165, 1.54) is 12.1 Å². The average molecular weight is 458 g/mol. The van der Waals surface area contributed by atoms with Crippen LogP contribution in [0.1, 0.15) is 45.2 Å². The third kappa shape index (κ3) is 6.27. The summed E-state index contributed by atoms with van der Waals surface area (Å²) in [6, 6.07) is 8.59. The smallest absolute Gasteiger partial charge is 0.401 e. The number of rotatable bonds is 11. The number of anilines is 1. The summed E-state index contributed by atoms with van der Waals surface area (Å²) in [5.41, 5.74) is 0.718. The zero-order valence-corrected chi connectivity index (χ0v) is 19.3. The molecule has 3 rings (SSSR count). The lowest BCUT2D eigenvalue weighted by Crippen LogP contribution is -2.25. The lowest BCUT2D eigenvalue weighted by atomic mass is 10.1. The Hall–Kier alpha value is -2.97. The number of fused-ring (bicyclic) bond motifs is 1. The van der Waals surface area contributed by atoms with E-state index in [1.807, 2.05) is 12.1 Å². The third-order valence-electron chi connectivity index (χ3n) is 5.25. The molecule has 0 saturated heterocycles. The van der Waals surface area contributed by atoms with Gasteiger partial charge in [-0.3, -0.25) is 10.1 Å². The molecule has 0 spiro atoms. The van der Waals surface area contributed by atoms with Gasteiger partial charge in [0.1, 0.15) is 16.5 Å². The maximum Gasteiger partial charge on any atom is 0.433 e. The lowest BCUT2D eigenvalue weighted by molar-refractivity contribution is -0.402. The van der Waals surface area contributed by atoms with E-state index in [0.29, 0.717) is 16.6 Å². The van der Waals surface area contributed by atoms with Crippen molar-refractivity contribution in [2.45, 2.75) is 39.7 Å². The van der Waals surface area contributed by atoms with Gasteiger partial charge in [0.15, 0.2) is 5.82 Å². The van der Waals surface area contributed by atoms with E-state index in [1.54, 1.807) is 18.2 Å². The molecule has 170 valence electrons. The fraction of sp³-hybridized carbons (Fsp3) is 0.391. The molecule has 1 atom stereocenters. The third-order valence-corrected chi connectivity index (χ3v) is 5.49. The number of hydrogen-bond acceptors (Lipinski definition) is 7. The molecule has 2 aromatic heterocycles. The van der Waals surface area contributed by atoms with Crippen LogP contribution >= 0.6 is 11.6 Å². The van der Waals surface area contributed by atoms with E-state index in [-0.39, 0.29) is 11.9 Å². The largest absolute Gasteiger partial charge is 0.433 e. The number of hydrogen-bond donors (Lipinski definition) is 1. The maximum atomic E-state index is 10.8. The van der Waals surface area contributed by atoms with Crippen molar-refractivity contribution in [1.29, 1.82) is 0 Å². The van der Waals surface area contributed by atoms with Gasteiger partial charge in [-0.05, 0) is 75.8 Å². The average Bonchev–Trinajstić information content (AvgIpc) is 3.24. The molecule has 9 heteroatoms. The van der Waals surface area contributed by atoms with Crippen LogP contribution in [0.5, 0.6) is 0 Å². The summed E-state index contributed by atoms with van der Waals surface area (Å²) in [4.78, 5) is 21.9. The first-order chi connectivity index (χ1) is 15.4. The van der Waals surface area contributed by atoms with Crippen molar-refractivity contribution in [2.75, 3.05) is 25.0 Å². The summed E-state index contributed by atoms with van der Waals surface area (Å²) in [5, 5.41) is 15.8. The maximum absolute atomic E-state index is 10.8. The van der Waals surface area contributed by atoms with Crippen LogP contribution in [-0.4, -0.2) is 45.5 Å². The van der Waals surface area contributed by atoms with Crippen LogP contribution in [0.4, 0.5) is 11.7 Å². The Bertz CT molecular complexity index is 1090. The van der Waals surface area contributed by atoms with Crippen molar-refractivity contribution < 1.29 is 9.34 Å². The number of halogens is 1. The number of benzene rings is 1. The molecule has 1 aromatic carbocycles. The van der Waals surface area contributed by atoms with Gasteiger partial charge >= 0.3 is 5.88 Å². The van der Waals surface area contributed by atoms with E-state index in [9.17, 15) is 10.1 Å². The van der Waals surface area contributed by atoms with Gasteiger partial charge in [-0.1, -0.05) is 25.4 Å². The molecular formula is C23H28ClN5O3. The minimum Gasteiger partial charge on any atom is -0.401 e. The Kier molecular flexibility index (Phi) is 8.19. The molecule has 0 aliphatic heterocycles. The van der Waals surface area contributed by atoms with E-state index in [2.05, 4.69) is 41.0 Å². The van der Waals surface area contributed by atoms with Crippen LogP contribution in [0, 0.1) is 10.1 Å². The summed E-state index contributed by atoms with van der Waals surface area (Å²) in [6.45, 7) is 9.69. The molecule has 0 radical (unpaired) electrons. The second kappa shape index (κ2) is 11.1. The van der Waals surface area contributed by atoms with E-state index < -0.39 is 4.92 Å². The Morgan fingerprint density at radius 2 is 2.00 bits per heavy atom. The summed E-state index contributed by atoms with van der Waals surface area (Å²) in [5.74, 6) is 1.23. The van der Waals surface area contributed by atoms with Gasteiger partial charge in [0.2, 0.25) is 0 Å². The molecule has 2 heterocycles. The second-order valence-electron chi connectivity index (χ2n) is 7.57. The molecule has 0 aliphatic rings. The molecule has 0 bridgehead atoms. The van der Waals surface area contributed by atoms with Gasteiger partial charge in [0.05, 0.1) is 11.6 Å². The van der Waals surface area contributed by atoms with Gasteiger partial charge in [-0.2, -0.15) is 0 Å². The molecule has 3 aromatic rings. The molecular weight excluding hydrogens is 430 g/mol. The quantitative estimate of drug-likeness (QED) is 0.283. The molecule has 8 nitrogen and oxygen atoms in total. The molecule has 0 amide bonds. The van der Waals surface area contributed by atoms with Crippen molar-refractivity contribution in [3.63, 3.8) is 0 Å². The summed E-state index contributed by atoms with van der Waals surface area (Å²) in [6.07, 6.45) is 5.38. The first-order valence-corrected chi connectivity index (χ1v) is 11.2. The van der Waals surface area contributed by atoms with Gasteiger partial charge < -0.3 is 14.6 Å². The zero-order chi connectivity index (χ0) is 23.1. The van der Waals surface area contributed by atoms with Crippen molar-refractivity contribution in [3.05, 3.63) is 57.1 Å². The highest BCUT2D eigenvalue weighted by Gasteiger charge is 2.12. The molecule has 0 aliphatic carbocycles. The monoisotopic (exact) mass is 457 g/mol. The minimum atomic E-state index is -0.574. The van der Waals surface area contributed by atoms with Gasteiger partial charge in [-0.25, -0.2) is 9.97 Å². The summed E-state index contributed by atoms with van der Waals surface area (Å²) in [7, 11) is 0. The van der Waals surface area contributed by atoms with Crippen LogP contribution in [0.25, 0.3) is 23.1 Å². The number of nitrogens with one attached hydrogen (secondary N) is 1. The van der Waals surface area contributed by atoms with E-state index >= 15 is 0 Å². The summed E-state index contributed by atoms with van der Waals surface area (Å²) >= 11 is 6.18. The first-order valence-electron chi connectivity index (χ1n) is 10.8. The Labute approximate surface area is 192 Å². The highest BCUT2D eigenvalue weighted by atomic mass is 35.5. The number of nitro groups is 1. The number of nitrogens with zero attached hydrogens (tertiary/aromatic N) is 4. The fourth-order valence-electron chi connectivity index (χ4n) is 3.46.